The summed E-state index contributed by atoms with van der Waals surface area (Å²) in [5.41, 5.74) is 3.07. The van der Waals surface area contributed by atoms with Gasteiger partial charge in [-0.05, 0) is 35.4 Å². The van der Waals surface area contributed by atoms with Gasteiger partial charge in [-0.2, -0.15) is 0 Å². The maximum atomic E-state index is 11.2. The summed E-state index contributed by atoms with van der Waals surface area (Å²) in [6.45, 7) is 1.23. The third-order valence-corrected chi connectivity index (χ3v) is 3.91. The average molecular weight is 306 g/mol. The highest BCUT2D eigenvalue weighted by molar-refractivity contribution is 7.89. The molecule has 3 N–H and O–H groups in total. The Morgan fingerprint density at radius 2 is 1.76 bits per heavy atom. The molecule has 0 fully saturated rings. The quantitative estimate of drug-likeness (QED) is 0.856. The monoisotopic (exact) mass is 306 g/mol. The fraction of sp³-hybridized carbons (Fsp3) is 0.200. The van der Waals surface area contributed by atoms with E-state index < -0.39 is 10.0 Å². The summed E-state index contributed by atoms with van der Waals surface area (Å²) in [5, 5.41) is 8.29. The Kier molecular flexibility index (Phi) is 4.95. The standard InChI is InChI=1S/C15H18N2O3S/c1-20-11-13-4-2-3-12(9-13)10-17-14-5-7-15(8-6-14)21(16,18)19/h2-9,17H,10-11H2,1H3,(H2,16,18,19). The first-order chi connectivity index (χ1) is 9.99. The third kappa shape index (κ3) is 4.56. The van der Waals surface area contributed by atoms with Gasteiger partial charge in [-0.15, -0.1) is 0 Å². The fourth-order valence-electron chi connectivity index (χ4n) is 1.96. The highest BCUT2D eigenvalue weighted by atomic mass is 32.2. The molecule has 0 saturated heterocycles. The summed E-state index contributed by atoms with van der Waals surface area (Å²) in [6, 6.07) is 14.4. The Labute approximate surface area is 124 Å². The minimum Gasteiger partial charge on any atom is -0.381 e. The van der Waals surface area contributed by atoms with Crippen LogP contribution < -0.4 is 10.5 Å². The second-order valence-electron chi connectivity index (χ2n) is 4.68. The van der Waals surface area contributed by atoms with Gasteiger partial charge < -0.3 is 10.1 Å². The summed E-state index contributed by atoms with van der Waals surface area (Å²) in [5.74, 6) is 0. The molecule has 0 aliphatic carbocycles. The molecule has 0 spiro atoms. The lowest BCUT2D eigenvalue weighted by Gasteiger charge is -2.08. The highest BCUT2D eigenvalue weighted by Gasteiger charge is 2.06. The van der Waals surface area contributed by atoms with Gasteiger partial charge in [0, 0.05) is 19.3 Å². The number of anilines is 1. The molecule has 2 aromatic rings. The molecule has 0 atom stereocenters. The lowest BCUT2D eigenvalue weighted by atomic mass is 10.1. The first-order valence-electron chi connectivity index (χ1n) is 6.42. The van der Waals surface area contributed by atoms with Gasteiger partial charge in [0.15, 0.2) is 0 Å². The number of hydrogen-bond donors (Lipinski definition) is 2. The summed E-state index contributed by atoms with van der Waals surface area (Å²) in [6.07, 6.45) is 0. The Balaban J connectivity index is 2.01. The molecule has 0 aliphatic rings. The second-order valence-corrected chi connectivity index (χ2v) is 6.24. The SMILES string of the molecule is COCc1cccc(CNc2ccc(S(N)(=O)=O)cc2)c1. The Morgan fingerprint density at radius 1 is 1.10 bits per heavy atom. The van der Waals surface area contributed by atoms with Crippen LogP contribution in [0, 0.1) is 0 Å². The lowest BCUT2D eigenvalue weighted by Crippen LogP contribution is -2.12. The predicted octanol–water partition coefficient (Wildman–Crippen LogP) is 2.09. The minimum absolute atomic E-state index is 0.107. The van der Waals surface area contributed by atoms with Gasteiger partial charge in [-0.3, -0.25) is 0 Å². The van der Waals surface area contributed by atoms with Crippen LogP contribution in [0.1, 0.15) is 11.1 Å². The largest absolute Gasteiger partial charge is 0.381 e. The number of nitrogens with one attached hydrogen (secondary N) is 1. The average Bonchev–Trinajstić information content (AvgIpc) is 2.45. The lowest BCUT2D eigenvalue weighted by molar-refractivity contribution is 0.185. The first kappa shape index (κ1) is 15.5. The predicted molar refractivity (Wildman–Crippen MR) is 82.3 cm³/mol. The maximum absolute atomic E-state index is 11.2. The zero-order chi connectivity index (χ0) is 15.3. The first-order valence-corrected chi connectivity index (χ1v) is 7.97. The second kappa shape index (κ2) is 6.71. The number of ether oxygens (including phenoxy) is 1. The van der Waals surface area contributed by atoms with Gasteiger partial charge in [-0.25, -0.2) is 13.6 Å². The van der Waals surface area contributed by atoms with Crippen LogP contribution in [0.25, 0.3) is 0 Å². The molecule has 0 bridgehead atoms. The van der Waals surface area contributed by atoms with Crippen molar-refractivity contribution in [1.29, 1.82) is 0 Å². The molecular formula is C15H18N2O3S. The Hall–Kier alpha value is -1.89. The van der Waals surface area contributed by atoms with E-state index in [0.29, 0.717) is 13.2 Å². The van der Waals surface area contributed by atoms with Gasteiger partial charge in [0.05, 0.1) is 11.5 Å². The van der Waals surface area contributed by atoms with Crippen molar-refractivity contribution in [3.8, 4) is 0 Å². The van der Waals surface area contributed by atoms with Gasteiger partial charge in [0.25, 0.3) is 0 Å². The van der Waals surface area contributed by atoms with Crippen molar-refractivity contribution in [2.24, 2.45) is 5.14 Å². The highest BCUT2D eigenvalue weighted by Crippen LogP contribution is 2.14. The molecule has 0 saturated carbocycles. The molecule has 0 aromatic heterocycles. The molecule has 0 aliphatic heterocycles. The molecule has 0 radical (unpaired) electrons. The van der Waals surface area contributed by atoms with Crippen molar-refractivity contribution in [3.63, 3.8) is 0 Å². The number of nitrogens with two attached hydrogens (primary N) is 1. The Morgan fingerprint density at radius 3 is 2.38 bits per heavy atom. The molecular weight excluding hydrogens is 288 g/mol. The Bertz CT molecular complexity index is 697. The number of methoxy groups -OCH3 is 1. The van der Waals surface area contributed by atoms with E-state index in [0.717, 1.165) is 16.8 Å². The number of benzene rings is 2. The third-order valence-electron chi connectivity index (χ3n) is 2.98. The van der Waals surface area contributed by atoms with Crippen LogP contribution in [-0.2, 0) is 27.9 Å². The smallest absolute Gasteiger partial charge is 0.238 e. The van der Waals surface area contributed by atoms with Gasteiger partial charge in [-0.1, -0.05) is 24.3 Å². The molecule has 21 heavy (non-hydrogen) atoms. The fourth-order valence-corrected chi connectivity index (χ4v) is 2.48. The summed E-state index contributed by atoms with van der Waals surface area (Å²) < 4.78 is 27.4. The van der Waals surface area contributed by atoms with Crippen molar-refractivity contribution in [2.75, 3.05) is 12.4 Å². The number of hydrogen-bond acceptors (Lipinski definition) is 4. The van der Waals surface area contributed by atoms with Crippen molar-refractivity contribution in [1.82, 2.24) is 0 Å². The summed E-state index contributed by atoms with van der Waals surface area (Å²) in [4.78, 5) is 0.107. The van der Waals surface area contributed by atoms with Gasteiger partial charge in [0.2, 0.25) is 10.0 Å². The van der Waals surface area contributed by atoms with Crippen LogP contribution in [0.4, 0.5) is 5.69 Å². The van der Waals surface area contributed by atoms with E-state index >= 15 is 0 Å². The molecule has 112 valence electrons. The summed E-state index contributed by atoms with van der Waals surface area (Å²) >= 11 is 0. The van der Waals surface area contributed by atoms with E-state index in [2.05, 4.69) is 11.4 Å². The van der Waals surface area contributed by atoms with E-state index in [1.165, 1.54) is 12.1 Å². The van der Waals surface area contributed by atoms with E-state index in [-0.39, 0.29) is 4.90 Å². The van der Waals surface area contributed by atoms with Gasteiger partial charge in [0.1, 0.15) is 0 Å². The molecule has 5 nitrogen and oxygen atoms in total. The van der Waals surface area contributed by atoms with Crippen LogP contribution >= 0.6 is 0 Å². The van der Waals surface area contributed by atoms with E-state index in [4.69, 9.17) is 9.88 Å². The van der Waals surface area contributed by atoms with Crippen LogP contribution in [-0.4, -0.2) is 15.5 Å². The van der Waals surface area contributed by atoms with Crippen LogP contribution in [0.15, 0.2) is 53.4 Å². The summed E-state index contributed by atoms with van der Waals surface area (Å²) in [7, 11) is -1.98. The van der Waals surface area contributed by atoms with Crippen molar-refractivity contribution in [2.45, 2.75) is 18.0 Å². The van der Waals surface area contributed by atoms with Crippen LogP contribution in [0.3, 0.4) is 0 Å². The normalized spacial score (nSPS) is 11.3. The topological polar surface area (TPSA) is 81.4 Å². The van der Waals surface area contributed by atoms with Crippen molar-refractivity contribution in [3.05, 3.63) is 59.7 Å². The molecule has 2 rings (SSSR count). The van der Waals surface area contributed by atoms with Crippen LogP contribution in [0.2, 0.25) is 0 Å². The van der Waals surface area contributed by atoms with Gasteiger partial charge >= 0.3 is 0 Å². The zero-order valence-electron chi connectivity index (χ0n) is 11.7. The molecule has 6 heteroatoms. The number of rotatable bonds is 6. The maximum Gasteiger partial charge on any atom is 0.238 e. The number of sulfonamides is 1. The van der Waals surface area contributed by atoms with E-state index in [1.807, 2.05) is 18.2 Å². The van der Waals surface area contributed by atoms with Crippen molar-refractivity contribution < 1.29 is 13.2 Å². The number of primary sulfonamides is 1. The molecule has 0 unspecified atom stereocenters. The molecule has 0 amide bonds. The molecule has 0 heterocycles. The minimum atomic E-state index is -3.64. The van der Waals surface area contributed by atoms with Crippen molar-refractivity contribution >= 4 is 15.7 Å². The zero-order valence-corrected chi connectivity index (χ0v) is 12.6. The van der Waals surface area contributed by atoms with E-state index in [9.17, 15) is 8.42 Å². The molecule has 2 aromatic carbocycles. The van der Waals surface area contributed by atoms with E-state index in [1.54, 1.807) is 19.2 Å². The van der Waals surface area contributed by atoms with Crippen LogP contribution in [0.5, 0.6) is 0 Å².